The first-order valence-electron chi connectivity index (χ1n) is 9.83. The van der Waals surface area contributed by atoms with Crippen molar-refractivity contribution in [1.82, 2.24) is 8.61 Å². The quantitative estimate of drug-likeness (QED) is 0.599. The first-order chi connectivity index (χ1) is 15.0. The second-order valence-corrected chi connectivity index (χ2v) is 12.3. The number of piperidine rings is 1. The van der Waals surface area contributed by atoms with E-state index in [2.05, 4.69) is 4.74 Å². The normalized spacial score (nSPS) is 19.8. The summed E-state index contributed by atoms with van der Waals surface area (Å²) in [5.41, 5.74) is -0.250. The van der Waals surface area contributed by atoms with Crippen LogP contribution in [0.15, 0.2) is 58.3 Å². The van der Waals surface area contributed by atoms with Gasteiger partial charge in [0.15, 0.2) is 0 Å². The van der Waals surface area contributed by atoms with Crippen LogP contribution in [0, 0.1) is 5.41 Å². The van der Waals surface area contributed by atoms with Gasteiger partial charge in [0.05, 0.1) is 9.79 Å². The van der Waals surface area contributed by atoms with E-state index in [1.165, 1.54) is 57.1 Å². The summed E-state index contributed by atoms with van der Waals surface area (Å²) in [4.78, 5) is 0.173. The summed E-state index contributed by atoms with van der Waals surface area (Å²) in [5.74, 6) is -0.118. The van der Waals surface area contributed by atoms with Crippen molar-refractivity contribution >= 4 is 31.6 Å². The number of sulfonamides is 2. The summed E-state index contributed by atoms with van der Waals surface area (Å²) < 4.78 is 82.9. The number of hydrogen-bond acceptors (Lipinski definition) is 5. The van der Waals surface area contributed by atoms with E-state index in [1.54, 1.807) is 0 Å². The van der Waals surface area contributed by atoms with Crippen LogP contribution in [0.2, 0.25) is 5.02 Å². The zero-order chi connectivity index (χ0) is 23.1. The van der Waals surface area contributed by atoms with Gasteiger partial charge in [-0.1, -0.05) is 11.6 Å². The van der Waals surface area contributed by atoms with E-state index in [0.29, 0.717) is 31.0 Å². The third-order valence-corrected chi connectivity index (χ3v) is 9.92. The van der Waals surface area contributed by atoms with Gasteiger partial charge in [0, 0.05) is 36.6 Å². The van der Waals surface area contributed by atoms with Crippen molar-refractivity contribution in [2.45, 2.75) is 29.2 Å². The van der Waals surface area contributed by atoms with Crippen LogP contribution >= 0.6 is 11.6 Å². The predicted molar refractivity (Wildman–Crippen MR) is 114 cm³/mol. The van der Waals surface area contributed by atoms with E-state index in [9.17, 15) is 25.6 Å². The second-order valence-electron chi connectivity index (χ2n) is 7.98. The van der Waals surface area contributed by atoms with Gasteiger partial charge in [-0.2, -0.15) is 17.4 Å². The molecule has 2 fully saturated rings. The minimum atomic E-state index is -3.78. The van der Waals surface area contributed by atoms with Gasteiger partial charge in [0.2, 0.25) is 20.0 Å². The van der Waals surface area contributed by atoms with Crippen LogP contribution in [0.4, 0.5) is 8.78 Å². The molecule has 0 aliphatic carbocycles. The fourth-order valence-electron chi connectivity index (χ4n) is 4.09. The first kappa shape index (κ1) is 23.4. The highest BCUT2D eigenvalue weighted by atomic mass is 35.5. The number of benzene rings is 2. The highest BCUT2D eigenvalue weighted by Crippen LogP contribution is 2.43. The standard InChI is InChI=1S/C20H21ClF2N2O5S2/c21-15-1-5-17(6-2-15)32(28,29)25-13-20(14-25)9-11-24(12-10-20)31(26,27)18-7-3-16(4-8-18)30-19(22)23/h1-8,19H,9-14H2. The van der Waals surface area contributed by atoms with Crippen molar-refractivity contribution in [2.75, 3.05) is 26.2 Å². The summed E-state index contributed by atoms with van der Waals surface area (Å²) in [6.45, 7) is -1.79. The maximum absolute atomic E-state index is 12.9. The topological polar surface area (TPSA) is 84.0 Å². The summed E-state index contributed by atoms with van der Waals surface area (Å²) in [5, 5.41) is 0.453. The van der Waals surface area contributed by atoms with Gasteiger partial charge in [0.25, 0.3) is 0 Å². The van der Waals surface area contributed by atoms with Gasteiger partial charge < -0.3 is 4.74 Å². The molecule has 32 heavy (non-hydrogen) atoms. The summed E-state index contributed by atoms with van der Waals surface area (Å²) in [6.07, 6.45) is 1.07. The first-order valence-corrected chi connectivity index (χ1v) is 13.1. The number of nitrogens with zero attached hydrogens (tertiary/aromatic N) is 2. The molecule has 174 valence electrons. The lowest BCUT2D eigenvalue weighted by molar-refractivity contribution is -0.0498. The molecule has 2 aliphatic heterocycles. The van der Waals surface area contributed by atoms with Crippen LogP contribution in [-0.2, 0) is 20.0 Å². The van der Waals surface area contributed by atoms with E-state index in [1.807, 2.05) is 0 Å². The Bertz CT molecular complexity index is 1170. The number of halogens is 3. The number of ether oxygens (including phenoxy) is 1. The van der Waals surface area contributed by atoms with E-state index >= 15 is 0 Å². The SMILES string of the molecule is O=S(=O)(c1ccc(OC(F)F)cc1)N1CCC2(CC1)CN(S(=O)(=O)c1ccc(Cl)cc1)C2. The molecule has 0 aromatic heterocycles. The molecule has 4 rings (SSSR count). The average molecular weight is 507 g/mol. The Morgan fingerprint density at radius 1 is 0.812 bits per heavy atom. The molecule has 0 radical (unpaired) electrons. The molecule has 2 aromatic rings. The van der Waals surface area contributed by atoms with Crippen molar-refractivity contribution in [3.05, 3.63) is 53.6 Å². The Labute approximate surface area is 190 Å². The Morgan fingerprint density at radius 2 is 1.28 bits per heavy atom. The zero-order valence-corrected chi connectivity index (χ0v) is 19.2. The van der Waals surface area contributed by atoms with Crippen molar-refractivity contribution in [1.29, 1.82) is 0 Å². The maximum atomic E-state index is 12.9. The number of hydrogen-bond donors (Lipinski definition) is 0. The number of alkyl halides is 2. The van der Waals surface area contributed by atoms with E-state index < -0.39 is 26.7 Å². The summed E-state index contributed by atoms with van der Waals surface area (Å²) in [6, 6.07) is 10.8. The Balaban J connectivity index is 1.38. The van der Waals surface area contributed by atoms with Gasteiger partial charge >= 0.3 is 6.61 Å². The number of rotatable bonds is 6. The Morgan fingerprint density at radius 3 is 1.78 bits per heavy atom. The van der Waals surface area contributed by atoms with Crippen molar-refractivity contribution < 1.29 is 30.4 Å². The van der Waals surface area contributed by atoms with Crippen molar-refractivity contribution in [3.8, 4) is 5.75 Å². The van der Waals surface area contributed by atoms with Gasteiger partial charge in [-0.25, -0.2) is 16.8 Å². The molecule has 0 saturated carbocycles. The van der Waals surface area contributed by atoms with Crippen LogP contribution in [0.25, 0.3) is 0 Å². The van der Waals surface area contributed by atoms with Crippen LogP contribution in [0.1, 0.15) is 12.8 Å². The molecule has 0 amide bonds. The van der Waals surface area contributed by atoms with Crippen LogP contribution in [-0.4, -0.2) is 58.2 Å². The van der Waals surface area contributed by atoms with Crippen LogP contribution < -0.4 is 4.74 Å². The summed E-state index contributed by atoms with van der Waals surface area (Å²) in [7, 11) is -7.40. The second kappa shape index (κ2) is 8.53. The molecular formula is C20H21ClF2N2O5S2. The third kappa shape index (κ3) is 4.49. The lowest BCUT2D eigenvalue weighted by atomic mass is 9.74. The fourth-order valence-corrected chi connectivity index (χ4v) is 7.32. The van der Waals surface area contributed by atoms with Gasteiger partial charge in [-0.05, 0) is 61.4 Å². The Kier molecular flexibility index (Phi) is 6.23. The lowest BCUT2D eigenvalue weighted by Crippen LogP contribution is -2.62. The zero-order valence-electron chi connectivity index (χ0n) is 16.8. The average Bonchev–Trinajstić information content (AvgIpc) is 2.72. The molecule has 1 spiro atoms. The predicted octanol–water partition coefficient (Wildman–Crippen LogP) is 3.42. The molecule has 12 heteroatoms. The molecule has 2 heterocycles. The van der Waals surface area contributed by atoms with E-state index in [-0.39, 0.29) is 34.0 Å². The highest BCUT2D eigenvalue weighted by Gasteiger charge is 2.50. The third-order valence-electron chi connectivity index (χ3n) is 5.94. The molecule has 2 saturated heterocycles. The smallest absolute Gasteiger partial charge is 0.387 e. The lowest BCUT2D eigenvalue weighted by Gasteiger charge is -2.52. The van der Waals surface area contributed by atoms with Crippen LogP contribution in [0.5, 0.6) is 5.75 Å². The van der Waals surface area contributed by atoms with E-state index in [0.717, 1.165) is 0 Å². The molecule has 0 bridgehead atoms. The summed E-state index contributed by atoms with van der Waals surface area (Å²) >= 11 is 5.83. The van der Waals surface area contributed by atoms with Gasteiger partial charge in [0.1, 0.15) is 5.75 Å². The van der Waals surface area contributed by atoms with Crippen molar-refractivity contribution in [3.63, 3.8) is 0 Å². The minimum absolute atomic E-state index is 0.00406. The van der Waals surface area contributed by atoms with Crippen molar-refractivity contribution in [2.24, 2.45) is 5.41 Å². The Hall–Kier alpha value is -1.79. The monoisotopic (exact) mass is 506 g/mol. The largest absolute Gasteiger partial charge is 0.435 e. The molecular weight excluding hydrogens is 486 g/mol. The molecule has 0 unspecified atom stereocenters. The minimum Gasteiger partial charge on any atom is -0.435 e. The fraction of sp³-hybridized carbons (Fsp3) is 0.400. The van der Waals surface area contributed by atoms with Gasteiger partial charge in [-0.3, -0.25) is 0 Å². The van der Waals surface area contributed by atoms with Crippen LogP contribution in [0.3, 0.4) is 0 Å². The molecule has 0 N–H and O–H groups in total. The maximum Gasteiger partial charge on any atom is 0.387 e. The van der Waals surface area contributed by atoms with E-state index in [4.69, 9.17) is 11.6 Å². The molecule has 2 aromatic carbocycles. The molecule has 0 atom stereocenters. The highest BCUT2D eigenvalue weighted by molar-refractivity contribution is 7.89. The van der Waals surface area contributed by atoms with Gasteiger partial charge in [-0.15, -0.1) is 0 Å². The molecule has 2 aliphatic rings. The molecule has 7 nitrogen and oxygen atoms in total.